The van der Waals surface area contributed by atoms with Crippen molar-refractivity contribution in [1.82, 2.24) is 10.1 Å². The Hall–Kier alpha value is -1.10. The smallest absolute Gasteiger partial charge is 0.265 e. The quantitative estimate of drug-likeness (QED) is 0.786. The first-order valence-electron chi connectivity index (χ1n) is 4.82. The summed E-state index contributed by atoms with van der Waals surface area (Å²) in [5, 5.41) is 3.81. The van der Waals surface area contributed by atoms with E-state index in [1.807, 2.05) is 14.1 Å². The first kappa shape index (κ1) is 11.0. The molecule has 0 saturated carbocycles. The van der Waals surface area contributed by atoms with E-state index in [1.54, 1.807) is 4.90 Å². The van der Waals surface area contributed by atoms with Crippen molar-refractivity contribution in [3.63, 3.8) is 0 Å². The van der Waals surface area contributed by atoms with Crippen LogP contribution in [0.4, 0.5) is 5.95 Å². The van der Waals surface area contributed by atoms with Gasteiger partial charge in [0.2, 0.25) is 5.89 Å². The summed E-state index contributed by atoms with van der Waals surface area (Å²) in [6.07, 6.45) is 1.00. The van der Waals surface area contributed by atoms with Gasteiger partial charge in [-0.15, -0.1) is 0 Å². The zero-order valence-corrected chi connectivity index (χ0v) is 9.19. The molecule has 1 aromatic rings. The molecule has 0 radical (unpaired) electrons. The van der Waals surface area contributed by atoms with Gasteiger partial charge in [-0.1, -0.05) is 20.3 Å². The van der Waals surface area contributed by atoms with Gasteiger partial charge in [-0.05, 0) is 11.1 Å². The van der Waals surface area contributed by atoms with Crippen molar-refractivity contribution in [3.8, 4) is 0 Å². The molecular weight excluding hydrogens is 180 g/mol. The molecule has 1 heterocycles. The number of hydrogen-bond donors (Lipinski definition) is 1. The summed E-state index contributed by atoms with van der Waals surface area (Å²) in [6, 6.07) is -0.166. The summed E-state index contributed by atoms with van der Waals surface area (Å²) in [5.74, 6) is 1.44. The molecule has 0 aliphatic heterocycles. The van der Waals surface area contributed by atoms with Gasteiger partial charge in [-0.25, -0.2) is 0 Å². The number of aromatic nitrogens is 2. The van der Waals surface area contributed by atoms with E-state index < -0.39 is 0 Å². The monoisotopic (exact) mass is 198 g/mol. The second kappa shape index (κ2) is 4.41. The summed E-state index contributed by atoms with van der Waals surface area (Å²) >= 11 is 0. The third kappa shape index (κ3) is 2.23. The van der Waals surface area contributed by atoms with Gasteiger partial charge in [-0.3, -0.25) is 0 Å². The van der Waals surface area contributed by atoms with E-state index in [1.165, 1.54) is 0 Å². The highest BCUT2D eigenvalue weighted by Crippen LogP contribution is 2.21. The minimum Gasteiger partial charge on any atom is -0.344 e. The van der Waals surface area contributed by atoms with Gasteiger partial charge in [0.1, 0.15) is 0 Å². The van der Waals surface area contributed by atoms with Crippen LogP contribution in [0.3, 0.4) is 0 Å². The Bertz CT molecular complexity index is 284. The average molecular weight is 198 g/mol. The second-order valence-corrected chi connectivity index (χ2v) is 3.74. The Morgan fingerprint density at radius 1 is 1.50 bits per heavy atom. The van der Waals surface area contributed by atoms with Crippen LogP contribution < -0.4 is 10.6 Å². The Balaban J connectivity index is 2.76. The minimum absolute atomic E-state index is 0.166. The molecule has 0 aliphatic carbocycles. The van der Waals surface area contributed by atoms with Crippen molar-refractivity contribution in [2.75, 3.05) is 19.0 Å². The van der Waals surface area contributed by atoms with Crippen LogP contribution in [0.25, 0.3) is 0 Å². The fourth-order valence-electron chi connectivity index (χ4n) is 1.04. The molecule has 0 spiro atoms. The fourth-order valence-corrected chi connectivity index (χ4v) is 1.04. The minimum atomic E-state index is -0.166. The molecule has 0 aromatic carbocycles. The molecule has 1 unspecified atom stereocenters. The van der Waals surface area contributed by atoms with Crippen molar-refractivity contribution in [3.05, 3.63) is 5.89 Å². The summed E-state index contributed by atoms with van der Waals surface area (Å²) in [6.45, 7) is 4.16. The lowest BCUT2D eigenvalue weighted by atomic mass is 10.0. The van der Waals surface area contributed by atoms with E-state index >= 15 is 0 Å². The summed E-state index contributed by atoms with van der Waals surface area (Å²) in [7, 11) is 3.73. The zero-order chi connectivity index (χ0) is 10.7. The van der Waals surface area contributed by atoms with Gasteiger partial charge < -0.3 is 15.2 Å². The van der Waals surface area contributed by atoms with Crippen molar-refractivity contribution in [1.29, 1.82) is 0 Å². The summed E-state index contributed by atoms with van der Waals surface area (Å²) in [5.41, 5.74) is 5.95. The molecule has 0 bridgehead atoms. The number of rotatable bonds is 4. The lowest BCUT2D eigenvalue weighted by Gasteiger charge is -2.13. The van der Waals surface area contributed by atoms with Crippen LogP contribution in [0.5, 0.6) is 0 Å². The Morgan fingerprint density at radius 2 is 2.14 bits per heavy atom. The first-order chi connectivity index (χ1) is 6.56. The number of anilines is 1. The van der Waals surface area contributed by atoms with E-state index in [2.05, 4.69) is 24.0 Å². The maximum atomic E-state index is 5.95. The summed E-state index contributed by atoms with van der Waals surface area (Å²) in [4.78, 5) is 5.99. The third-order valence-electron chi connectivity index (χ3n) is 2.37. The highest BCUT2D eigenvalue weighted by molar-refractivity contribution is 5.24. The van der Waals surface area contributed by atoms with Crippen LogP contribution in [0.1, 0.15) is 32.2 Å². The molecule has 1 aromatic heterocycles. The molecule has 5 heteroatoms. The molecule has 0 aliphatic rings. The number of nitrogens with two attached hydrogens (primary N) is 1. The van der Waals surface area contributed by atoms with Crippen LogP contribution in [-0.2, 0) is 0 Å². The highest BCUT2D eigenvalue weighted by Gasteiger charge is 2.20. The SMILES string of the molecule is CCC(C)[C@H](N)c1nc(N(C)C)no1. The maximum Gasteiger partial charge on any atom is 0.265 e. The van der Waals surface area contributed by atoms with E-state index in [-0.39, 0.29) is 6.04 Å². The van der Waals surface area contributed by atoms with Crippen molar-refractivity contribution in [2.45, 2.75) is 26.3 Å². The average Bonchev–Trinajstić information content (AvgIpc) is 2.64. The van der Waals surface area contributed by atoms with E-state index in [0.29, 0.717) is 17.8 Å². The normalized spacial score (nSPS) is 15.2. The van der Waals surface area contributed by atoms with Gasteiger partial charge in [0.05, 0.1) is 6.04 Å². The van der Waals surface area contributed by atoms with Gasteiger partial charge in [-0.2, -0.15) is 4.98 Å². The van der Waals surface area contributed by atoms with E-state index in [0.717, 1.165) is 6.42 Å². The predicted molar refractivity (Wildman–Crippen MR) is 55.0 cm³/mol. The molecule has 2 N–H and O–H groups in total. The number of hydrogen-bond acceptors (Lipinski definition) is 5. The van der Waals surface area contributed by atoms with Gasteiger partial charge in [0.15, 0.2) is 0 Å². The van der Waals surface area contributed by atoms with Gasteiger partial charge in [0.25, 0.3) is 5.95 Å². The zero-order valence-electron chi connectivity index (χ0n) is 9.19. The van der Waals surface area contributed by atoms with Crippen molar-refractivity contribution >= 4 is 5.95 Å². The second-order valence-electron chi connectivity index (χ2n) is 3.74. The predicted octanol–water partition coefficient (Wildman–Crippen LogP) is 1.18. The van der Waals surface area contributed by atoms with Gasteiger partial charge in [0, 0.05) is 14.1 Å². The van der Waals surface area contributed by atoms with Crippen LogP contribution in [0.15, 0.2) is 4.52 Å². The molecule has 1 rings (SSSR count). The lowest BCUT2D eigenvalue weighted by Crippen LogP contribution is -2.19. The van der Waals surface area contributed by atoms with Crippen molar-refractivity contribution < 1.29 is 4.52 Å². The molecular formula is C9H18N4O. The fraction of sp³-hybridized carbons (Fsp3) is 0.778. The van der Waals surface area contributed by atoms with Crippen molar-refractivity contribution in [2.24, 2.45) is 11.7 Å². The number of nitrogens with zero attached hydrogens (tertiary/aromatic N) is 3. The maximum absolute atomic E-state index is 5.95. The first-order valence-corrected chi connectivity index (χ1v) is 4.82. The molecule has 14 heavy (non-hydrogen) atoms. The Morgan fingerprint density at radius 3 is 2.57 bits per heavy atom. The Kier molecular flexibility index (Phi) is 3.46. The third-order valence-corrected chi connectivity index (χ3v) is 2.37. The van der Waals surface area contributed by atoms with Gasteiger partial charge >= 0.3 is 0 Å². The van der Waals surface area contributed by atoms with Crippen LogP contribution in [-0.4, -0.2) is 24.2 Å². The van der Waals surface area contributed by atoms with Crippen LogP contribution in [0, 0.1) is 5.92 Å². The Labute approximate surface area is 84.3 Å². The van der Waals surface area contributed by atoms with Crippen LogP contribution >= 0.6 is 0 Å². The largest absolute Gasteiger partial charge is 0.344 e. The van der Waals surface area contributed by atoms with Crippen LogP contribution in [0.2, 0.25) is 0 Å². The molecule has 0 fully saturated rings. The molecule has 5 nitrogen and oxygen atoms in total. The molecule has 2 atom stereocenters. The van der Waals surface area contributed by atoms with E-state index in [9.17, 15) is 0 Å². The standard InChI is InChI=1S/C9H18N4O/c1-5-6(2)7(10)8-11-9(12-14-8)13(3)4/h6-7H,5,10H2,1-4H3/t6?,7-/m0/s1. The summed E-state index contributed by atoms with van der Waals surface area (Å²) < 4.78 is 5.08. The highest BCUT2D eigenvalue weighted by atomic mass is 16.5. The lowest BCUT2D eigenvalue weighted by molar-refractivity contribution is 0.312. The molecule has 80 valence electrons. The topological polar surface area (TPSA) is 68.2 Å². The molecule has 0 saturated heterocycles. The van der Waals surface area contributed by atoms with E-state index in [4.69, 9.17) is 10.3 Å². The molecule has 0 amide bonds.